The SMILES string of the molecule is Cc1sc(CCNCC(C)O)nc1-c1ccc(F)cc1. The lowest BCUT2D eigenvalue weighted by Gasteiger charge is -2.04. The van der Waals surface area contributed by atoms with Gasteiger partial charge in [0.15, 0.2) is 0 Å². The van der Waals surface area contributed by atoms with Crippen LogP contribution in [-0.4, -0.2) is 29.3 Å². The second-order valence-electron chi connectivity index (χ2n) is 4.82. The largest absolute Gasteiger partial charge is 0.392 e. The minimum Gasteiger partial charge on any atom is -0.392 e. The molecule has 0 bridgehead atoms. The van der Waals surface area contributed by atoms with E-state index in [2.05, 4.69) is 10.3 Å². The number of thiazole rings is 1. The molecular formula is C15H19FN2OS. The summed E-state index contributed by atoms with van der Waals surface area (Å²) in [5.41, 5.74) is 1.88. The van der Waals surface area contributed by atoms with Crippen LogP contribution in [0.25, 0.3) is 11.3 Å². The van der Waals surface area contributed by atoms with Crippen LogP contribution in [0.4, 0.5) is 4.39 Å². The van der Waals surface area contributed by atoms with E-state index in [-0.39, 0.29) is 11.9 Å². The maximum atomic E-state index is 12.9. The third-order valence-corrected chi connectivity index (χ3v) is 3.94. The van der Waals surface area contributed by atoms with Gasteiger partial charge in [0.2, 0.25) is 0 Å². The maximum absolute atomic E-state index is 12.9. The lowest BCUT2D eigenvalue weighted by atomic mass is 10.1. The number of aryl methyl sites for hydroxylation is 1. The van der Waals surface area contributed by atoms with E-state index in [1.165, 1.54) is 12.1 Å². The molecule has 0 spiro atoms. The quantitative estimate of drug-likeness (QED) is 0.805. The van der Waals surface area contributed by atoms with E-state index >= 15 is 0 Å². The molecular weight excluding hydrogens is 275 g/mol. The predicted molar refractivity (Wildman–Crippen MR) is 80.5 cm³/mol. The first-order chi connectivity index (χ1) is 9.56. The van der Waals surface area contributed by atoms with E-state index in [0.29, 0.717) is 6.54 Å². The summed E-state index contributed by atoms with van der Waals surface area (Å²) in [5, 5.41) is 13.4. The lowest BCUT2D eigenvalue weighted by molar-refractivity contribution is 0.191. The monoisotopic (exact) mass is 294 g/mol. The molecule has 0 fully saturated rings. The van der Waals surface area contributed by atoms with Crippen LogP contribution in [0.15, 0.2) is 24.3 Å². The van der Waals surface area contributed by atoms with E-state index in [1.807, 2.05) is 6.92 Å². The summed E-state index contributed by atoms with van der Waals surface area (Å²) < 4.78 is 12.9. The fourth-order valence-corrected chi connectivity index (χ4v) is 2.89. The van der Waals surface area contributed by atoms with Crippen LogP contribution in [-0.2, 0) is 6.42 Å². The summed E-state index contributed by atoms with van der Waals surface area (Å²) in [5.74, 6) is -0.232. The number of aromatic nitrogens is 1. The molecule has 1 aromatic heterocycles. The number of halogens is 1. The molecule has 2 rings (SSSR count). The van der Waals surface area contributed by atoms with Gasteiger partial charge in [-0.05, 0) is 38.1 Å². The summed E-state index contributed by atoms with van der Waals surface area (Å²) in [4.78, 5) is 5.76. The lowest BCUT2D eigenvalue weighted by Crippen LogP contribution is -2.26. The van der Waals surface area contributed by atoms with Crippen LogP contribution in [0.2, 0.25) is 0 Å². The summed E-state index contributed by atoms with van der Waals surface area (Å²) >= 11 is 1.66. The van der Waals surface area contributed by atoms with Gasteiger partial charge in [0.25, 0.3) is 0 Å². The Morgan fingerprint density at radius 3 is 2.70 bits per heavy atom. The first-order valence-corrected chi connectivity index (χ1v) is 7.49. The van der Waals surface area contributed by atoms with E-state index in [9.17, 15) is 4.39 Å². The van der Waals surface area contributed by atoms with Crippen molar-refractivity contribution in [1.82, 2.24) is 10.3 Å². The third kappa shape index (κ3) is 4.10. The van der Waals surface area contributed by atoms with Crippen molar-refractivity contribution >= 4 is 11.3 Å². The topological polar surface area (TPSA) is 45.1 Å². The molecule has 0 radical (unpaired) electrons. The van der Waals surface area contributed by atoms with Crippen molar-refractivity contribution in [2.24, 2.45) is 0 Å². The molecule has 2 aromatic rings. The van der Waals surface area contributed by atoms with Crippen LogP contribution in [0.5, 0.6) is 0 Å². The fourth-order valence-electron chi connectivity index (χ4n) is 1.94. The van der Waals surface area contributed by atoms with Gasteiger partial charge < -0.3 is 10.4 Å². The Morgan fingerprint density at radius 2 is 2.05 bits per heavy atom. The van der Waals surface area contributed by atoms with Crippen LogP contribution < -0.4 is 5.32 Å². The fraction of sp³-hybridized carbons (Fsp3) is 0.400. The highest BCUT2D eigenvalue weighted by Gasteiger charge is 2.09. The molecule has 0 aliphatic carbocycles. The zero-order valence-electron chi connectivity index (χ0n) is 11.7. The number of hydrogen-bond acceptors (Lipinski definition) is 4. The van der Waals surface area contributed by atoms with Gasteiger partial charge >= 0.3 is 0 Å². The highest BCUT2D eigenvalue weighted by Crippen LogP contribution is 2.27. The Bertz CT molecular complexity index is 552. The molecule has 20 heavy (non-hydrogen) atoms. The molecule has 108 valence electrons. The van der Waals surface area contributed by atoms with Gasteiger partial charge in [-0.25, -0.2) is 9.37 Å². The molecule has 1 atom stereocenters. The van der Waals surface area contributed by atoms with Crippen LogP contribution in [0.3, 0.4) is 0 Å². The van der Waals surface area contributed by atoms with Gasteiger partial charge in [-0.1, -0.05) is 0 Å². The molecule has 1 unspecified atom stereocenters. The van der Waals surface area contributed by atoms with Gasteiger partial charge in [0, 0.05) is 30.0 Å². The van der Waals surface area contributed by atoms with Crippen molar-refractivity contribution in [2.45, 2.75) is 26.4 Å². The molecule has 0 saturated heterocycles. The standard InChI is InChI=1S/C15H19FN2OS/c1-10(19)9-17-8-7-14-18-15(11(2)20-14)12-3-5-13(16)6-4-12/h3-6,10,17,19H,7-9H2,1-2H3. The van der Waals surface area contributed by atoms with Gasteiger partial charge in [-0.15, -0.1) is 11.3 Å². The normalized spacial score (nSPS) is 12.6. The smallest absolute Gasteiger partial charge is 0.123 e. The zero-order valence-corrected chi connectivity index (χ0v) is 12.5. The van der Waals surface area contributed by atoms with E-state index in [1.54, 1.807) is 30.4 Å². The Labute approximate surface area is 122 Å². The van der Waals surface area contributed by atoms with Gasteiger partial charge in [-0.2, -0.15) is 0 Å². The number of aliphatic hydroxyl groups excluding tert-OH is 1. The van der Waals surface area contributed by atoms with Crippen molar-refractivity contribution in [3.63, 3.8) is 0 Å². The summed E-state index contributed by atoms with van der Waals surface area (Å²) in [7, 11) is 0. The molecule has 0 aliphatic rings. The number of benzene rings is 1. The minimum atomic E-state index is -0.331. The second kappa shape index (κ2) is 6.92. The van der Waals surface area contributed by atoms with Crippen LogP contribution in [0, 0.1) is 12.7 Å². The average Bonchev–Trinajstić information content (AvgIpc) is 2.77. The van der Waals surface area contributed by atoms with Crippen molar-refractivity contribution in [3.05, 3.63) is 40.0 Å². The summed E-state index contributed by atoms with van der Waals surface area (Å²) in [6.45, 7) is 5.17. The van der Waals surface area contributed by atoms with E-state index in [0.717, 1.165) is 34.1 Å². The summed E-state index contributed by atoms with van der Waals surface area (Å²) in [6, 6.07) is 6.43. The second-order valence-corrected chi connectivity index (χ2v) is 6.11. The molecule has 0 amide bonds. The maximum Gasteiger partial charge on any atom is 0.123 e. The van der Waals surface area contributed by atoms with Gasteiger partial charge in [-0.3, -0.25) is 0 Å². The van der Waals surface area contributed by atoms with E-state index < -0.39 is 0 Å². The number of rotatable bonds is 6. The van der Waals surface area contributed by atoms with Crippen LogP contribution >= 0.6 is 11.3 Å². The Kier molecular flexibility index (Phi) is 5.23. The third-order valence-electron chi connectivity index (χ3n) is 2.91. The highest BCUT2D eigenvalue weighted by atomic mass is 32.1. The molecule has 0 aliphatic heterocycles. The number of nitrogens with one attached hydrogen (secondary N) is 1. The zero-order chi connectivity index (χ0) is 14.5. The van der Waals surface area contributed by atoms with Crippen molar-refractivity contribution < 1.29 is 9.50 Å². The van der Waals surface area contributed by atoms with E-state index in [4.69, 9.17) is 5.11 Å². The number of nitrogens with zero attached hydrogens (tertiary/aromatic N) is 1. The van der Waals surface area contributed by atoms with Gasteiger partial charge in [0.1, 0.15) is 5.82 Å². The average molecular weight is 294 g/mol. The molecule has 1 heterocycles. The molecule has 1 aromatic carbocycles. The highest BCUT2D eigenvalue weighted by molar-refractivity contribution is 7.12. The first-order valence-electron chi connectivity index (χ1n) is 6.67. The first kappa shape index (κ1) is 15.1. The molecule has 0 saturated carbocycles. The molecule has 5 heteroatoms. The Hall–Kier alpha value is -1.30. The minimum absolute atomic E-state index is 0.232. The van der Waals surface area contributed by atoms with Crippen molar-refractivity contribution in [3.8, 4) is 11.3 Å². The molecule has 2 N–H and O–H groups in total. The Balaban J connectivity index is 2.00. The Morgan fingerprint density at radius 1 is 1.35 bits per heavy atom. The summed E-state index contributed by atoms with van der Waals surface area (Å²) in [6.07, 6.45) is 0.502. The molecule has 3 nitrogen and oxygen atoms in total. The van der Waals surface area contributed by atoms with Crippen molar-refractivity contribution in [1.29, 1.82) is 0 Å². The number of aliphatic hydroxyl groups is 1. The predicted octanol–water partition coefficient (Wildman–Crippen LogP) is 2.77. The van der Waals surface area contributed by atoms with Gasteiger partial charge in [0.05, 0.1) is 16.8 Å². The number of hydrogen-bond donors (Lipinski definition) is 2. The van der Waals surface area contributed by atoms with Crippen molar-refractivity contribution in [2.75, 3.05) is 13.1 Å². The van der Waals surface area contributed by atoms with Crippen LogP contribution in [0.1, 0.15) is 16.8 Å².